The Balaban J connectivity index is 2.53. The summed E-state index contributed by atoms with van der Waals surface area (Å²) in [5.74, 6) is 0. The molecular formula is C23H32. The molecule has 0 bridgehead atoms. The quantitative estimate of drug-likeness (QED) is 0.546. The summed E-state index contributed by atoms with van der Waals surface area (Å²) < 4.78 is 0. The van der Waals surface area contributed by atoms with Gasteiger partial charge in [-0.25, -0.2) is 0 Å². The second kappa shape index (κ2) is 7.34. The number of hydrogen-bond acceptors (Lipinski definition) is 0. The highest BCUT2D eigenvalue weighted by atomic mass is 14.4. The fourth-order valence-electron chi connectivity index (χ4n) is 3.77. The van der Waals surface area contributed by atoms with E-state index in [-0.39, 0.29) is 10.8 Å². The van der Waals surface area contributed by atoms with Crippen LogP contribution in [0.25, 0.3) is 0 Å². The molecule has 0 saturated heterocycles. The molecule has 0 aliphatic carbocycles. The second-order valence-electron chi connectivity index (χ2n) is 7.78. The minimum absolute atomic E-state index is 0.154. The SMILES string of the molecule is CCCC(CCC)(c1ccccc1)c1ccc(C(C)(C)C)cc1. The molecule has 0 spiro atoms. The summed E-state index contributed by atoms with van der Waals surface area (Å²) in [5.41, 5.74) is 4.72. The van der Waals surface area contributed by atoms with Gasteiger partial charge in [-0.1, -0.05) is 102 Å². The van der Waals surface area contributed by atoms with Crippen LogP contribution in [0.5, 0.6) is 0 Å². The molecule has 0 aliphatic heterocycles. The van der Waals surface area contributed by atoms with Crippen molar-refractivity contribution in [1.82, 2.24) is 0 Å². The van der Waals surface area contributed by atoms with E-state index in [1.807, 2.05) is 0 Å². The predicted octanol–water partition coefficient (Wildman–Crippen LogP) is 6.87. The van der Waals surface area contributed by atoms with Crippen LogP contribution in [0, 0.1) is 0 Å². The third-order valence-electron chi connectivity index (χ3n) is 4.98. The molecule has 0 aliphatic rings. The molecule has 2 aromatic rings. The molecule has 0 unspecified atom stereocenters. The molecular weight excluding hydrogens is 276 g/mol. The van der Waals surface area contributed by atoms with Crippen molar-refractivity contribution in [2.75, 3.05) is 0 Å². The highest BCUT2D eigenvalue weighted by Gasteiger charge is 2.32. The first-order chi connectivity index (χ1) is 10.9. The number of hydrogen-bond donors (Lipinski definition) is 0. The van der Waals surface area contributed by atoms with E-state index in [0.29, 0.717) is 0 Å². The first kappa shape index (κ1) is 17.8. The lowest BCUT2D eigenvalue weighted by molar-refractivity contribution is 0.425. The fourth-order valence-corrected chi connectivity index (χ4v) is 3.77. The Morgan fingerprint density at radius 1 is 0.609 bits per heavy atom. The maximum atomic E-state index is 2.37. The molecule has 0 nitrogen and oxygen atoms in total. The zero-order chi connectivity index (χ0) is 16.9. The van der Waals surface area contributed by atoms with Crippen molar-refractivity contribution in [2.24, 2.45) is 0 Å². The second-order valence-corrected chi connectivity index (χ2v) is 7.78. The van der Waals surface area contributed by atoms with E-state index in [2.05, 4.69) is 89.2 Å². The Labute approximate surface area is 143 Å². The Morgan fingerprint density at radius 2 is 1.04 bits per heavy atom. The van der Waals surface area contributed by atoms with Gasteiger partial charge >= 0.3 is 0 Å². The topological polar surface area (TPSA) is 0 Å². The molecule has 2 rings (SSSR count). The number of benzene rings is 2. The Hall–Kier alpha value is -1.56. The Kier molecular flexibility index (Phi) is 5.68. The van der Waals surface area contributed by atoms with Crippen LogP contribution in [0.1, 0.15) is 77.0 Å². The summed E-state index contributed by atoms with van der Waals surface area (Å²) >= 11 is 0. The molecule has 23 heavy (non-hydrogen) atoms. The van der Waals surface area contributed by atoms with Gasteiger partial charge in [-0.2, -0.15) is 0 Å². The molecule has 0 heteroatoms. The van der Waals surface area contributed by atoms with Gasteiger partial charge in [0.25, 0.3) is 0 Å². The molecule has 124 valence electrons. The summed E-state index contributed by atoms with van der Waals surface area (Å²) in [6, 6.07) is 20.5. The zero-order valence-electron chi connectivity index (χ0n) is 15.5. The molecule has 0 aromatic heterocycles. The van der Waals surface area contributed by atoms with Crippen molar-refractivity contribution < 1.29 is 0 Å². The van der Waals surface area contributed by atoms with E-state index in [1.54, 1.807) is 0 Å². The van der Waals surface area contributed by atoms with E-state index >= 15 is 0 Å². The van der Waals surface area contributed by atoms with E-state index in [4.69, 9.17) is 0 Å². The Bertz CT molecular complexity index is 578. The van der Waals surface area contributed by atoms with Gasteiger partial charge in [0.1, 0.15) is 0 Å². The summed E-state index contributed by atoms with van der Waals surface area (Å²) in [6.07, 6.45) is 4.82. The highest BCUT2D eigenvalue weighted by Crippen LogP contribution is 2.41. The first-order valence-corrected chi connectivity index (χ1v) is 9.10. The molecule has 0 amide bonds. The van der Waals surface area contributed by atoms with Crippen LogP contribution in [-0.2, 0) is 10.8 Å². The molecule has 0 radical (unpaired) electrons. The summed E-state index contributed by atoms with van der Waals surface area (Å²) in [6.45, 7) is 11.5. The monoisotopic (exact) mass is 308 g/mol. The highest BCUT2D eigenvalue weighted by molar-refractivity contribution is 5.41. The largest absolute Gasteiger partial charge is 0.0653 e. The van der Waals surface area contributed by atoms with Crippen LogP contribution < -0.4 is 0 Å². The van der Waals surface area contributed by atoms with Crippen molar-refractivity contribution in [1.29, 1.82) is 0 Å². The van der Waals surface area contributed by atoms with Crippen LogP contribution in [-0.4, -0.2) is 0 Å². The maximum Gasteiger partial charge on any atom is 0.0202 e. The molecule has 0 fully saturated rings. The van der Waals surface area contributed by atoms with Crippen molar-refractivity contribution in [3.8, 4) is 0 Å². The van der Waals surface area contributed by atoms with Crippen LogP contribution >= 0.6 is 0 Å². The molecule has 2 aromatic carbocycles. The normalized spacial score (nSPS) is 12.4. The van der Waals surface area contributed by atoms with Crippen molar-refractivity contribution >= 4 is 0 Å². The van der Waals surface area contributed by atoms with Gasteiger partial charge in [-0.3, -0.25) is 0 Å². The molecule has 0 atom stereocenters. The minimum atomic E-state index is 0.154. The Morgan fingerprint density at radius 3 is 1.48 bits per heavy atom. The van der Waals surface area contributed by atoms with E-state index in [1.165, 1.54) is 42.4 Å². The summed E-state index contributed by atoms with van der Waals surface area (Å²) in [5, 5.41) is 0. The van der Waals surface area contributed by atoms with Gasteiger partial charge in [0.05, 0.1) is 0 Å². The number of rotatable bonds is 6. The maximum absolute atomic E-state index is 2.37. The first-order valence-electron chi connectivity index (χ1n) is 9.10. The van der Waals surface area contributed by atoms with E-state index < -0.39 is 0 Å². The minimum Gasteiger partial charge on any atom is -0.0653 e. The molecule has 0 heterocycles. The van der Waals surface area contributed by atoms with Crippen LogP contribution in [0.4, 0.5) is 0 Å². The lowest BCUT2D eigenvalue weighted by atomic mass is 9.68. The van der Waals surface area contributed by atoms with E-state index in [9.17, 15) is 0 Å². The standard InChI is InChI=1S/C23H32/c1-6-17-23(18-7-2,20-11-9-8-10-12-20)21-15-13-19(14-16-21)22(3,4)5/h8-16H,6-7,17-18H2,1-5H3. The van der Waals surface area contributed by atoms with E-state index in [0.717, 1.165) is 0 Å². The van der Waals surface area contributed by atoms with Gasteiger partial charge in [0.15, 0.2) is 0 Å². The average Bonchev–Trinajstić information content (AvgIpc) is 2.55. The van der Waals surface area contributed by atoms with Crippen LogP contribution in [0.2, 0.25) is 0 Å². The summed E-state index contributed by atoms with van der Waals surface area (Å²) in [4.78, 5) is 0. The van der Waals surface area contributed by atoms with Crippen molar-refractivity contribution in [3.05, 3.63) is 71.3 Å². The van der Waals surface area contributed by atoms with Gasteiger partial charge in [-0.15, -0.1) is 0 Å². The third-order valence-corrected chi connectivity index (χ3v) is 4.98. The van der Waals surface area contributed by atoms with Crippen molar-refractivity contribution in [3.63, 3.8) is 0 Å². The molecule has 0 N–H and O–H groups in total. The van der Waals surface area contributed by atoms with Gasteiger partial charge in [0.2, 0.25) is 0 Å². The van der Waals surface area contributed by atoms with Gasteiger partial charge in [0, 0.05) is 5.41 Å². The lowest BCUT2D eigenvalue weighted by Gasteiger charge is -2.35. The zero-order valence-corrected chi connectivity index (χ0v) is 15.5. The third kappa shape index (κ3) is 3.86. The lowest BCUT2D eigenvalue weighted by Crippen LogP contribution is -2.28. The smallest absolute Gasteiger partial charge is 0.0202 e. The fraction of sp³-hybridized carbons (Fsp3) is 0.478. The van der Waals surface area contributed by atoms with Gasteiger partial charge in [-0.05, 0) is 34.9 Å². The average molecular weight is 309 g/mol. The van der Waals surface area contributed by atoms with Crippen LogP contribution in [0.15, 0.2) is 54.6 Å². The molecule has 0 saturated carbocycles. The van der Waals surface area contributed by atoms with Gasteiger partial charge < -0.3 is 0 Å². The van der Waals surface area contributed by atoms with Crippen molar-refractivity contribution in [2.45, 2.75) is 71.1 Å². The summed E-state index contributed by atoms with van der Waals surface area (Å²) in [7, 11) is 0. The predicted molar refractivity (Wildman–Crippen MR) is 102 cm³/mol. The van der Waals surface area contributed by atoms with Crippen LogP contribution in [0.3, 0.4) is 0 Å².